The number of aliphatic carboxylic acids is 1. The van der Waals surface area contributed by atoms with E-state index in [9.17, 15) is 17.6 Å². The Morgan fingerprint density at radius 1 is 1.35 bits per heavy atom. The standard InChI is InChI=1S/C12H16FNO5S/c1-14(20(17,18)9-6-12(15)16)7-8-19-11-4-2-10(13)3-5-11/h2-5H,6-9H2,1H3,(H,15,16). The SMILES string of the molecule is CN(CCOc1ccc(F)cc1)S(=O)(=O)CCC(=O)O. The molecule has 0 aliphatic rings. The van der Waals surface area contributed by atoms with Crippen LogP contribution in [0, 0.1) is 5.82 Å². The van der Waals surface area contributed by atoms with Gasteiger partial charge in [-0.2, -0.15) is 0 Å². The van der Waals surface area contributed by atoms with Crippen molar-refractivity contribution in [3.05, 3.63) is 30.1 Å². The van der Waals surface area contributed by atoms with E-state index in [4.69, 9.17) is 9.84 Å². The average molecular weight is 305 g/mol. The molecule has 0 saturated heterocycles. The second kappa shape index (κ2) is 7.20. The van der Waals surface area contributed by atoms with Gasteiger partial charge in [0.25, 0.3) is 0 Å². The zero-order chi connectivity index (χ0) is 15.2. The van der Waals surface area contributed by atoms with Crippen LogP contribution in [0.25, 0.3) is 0 Å². The van der Waals surface area contributed by atoms with Crippen molar-refractivity contribution in [3.8, 4) is 5.75 Å². The first kappa shape index (κ1) is 16.4. The maximum Gasteiger partial charge on any atom is 0.304 e. The summed E-state index contributed by atoms with van der Waals surface area (Å²) in [4.78, 5) is 10.4. The number of sulfonamides is 1. The van der Waals surface area contributed by atoms with E-state index < -0.39 is 28.2 Å². The van der Waals surface area contributed by atoms with Crippen molar-refractivity contribution in [1.82, 2.24) is 4.31 Å². The van der Waals surface area contributed by atoms with Crippen molar-refractivity contribution in [2.45, 2.75) is 6.42 Å². The van der Waals surface area contributed by atoms with Crippen LogP contribution in [0.5, 0.6) is 5.75 Å². The third kappa shape index (κ3) is 5.54. The number of hydrogen-bond donors (Lipinski definition) is 1. The Balaban J connectivity index is 2.40. The highest BCUT2D eigenvalue weighted by molar-refractivity contribution is 7.89. The molecule has 0 saturated carbocycles. The molecular weight excluding hydrogens is 289 g/mol. The summed E-state index contributed by atoms with van der Waals surface area (Å²) >= 11 is 0. The average Bonchev–Trinajstić information content (AvgIpc) is 2.38. The highest BCUT2D eigenvalue weighted by atomic mass is 32.2. The van der Waals surface area contributed by atoms with Crippen LogP contribution in [0.15, 0.2) is 24.3 Å². The summed E-state index contributed by atoms with van der Waals surface area (Å²) in [7, 11) is -2.25. The van der Waals surface area contributed by atoms with Crippen molar-refractivity contribution >= 4 is 16.0 Å². The van der Waals surface area contributed by atoms with Crippen molar-refractivity contribution in [2.75, 3.05) is 26.0 Å². The summed E-state index contributed by atoms with van der Waals surface area (Å²) in [5, 5.41) is 8.47. The van der Waals surface area contributed by atoms with E-state index in [0.29, 0.717) is 5.75 Å². The van der Waals surface area contributed by atoms with E-state index in [1.807, 2.05) is 0 Å². The van der Waals surface area contributed by atoms with Gasteiger partial charge < -0.3 is 9.84 Å². The fraction of sp³-hybridized carbons (Fsp3) is 0.417. The van der Waals surface area contributed by atoms with Crippen molar-refractivity contribution in [1.29, 1.82) is 0 Å². The smallest absolute Gasteiger partial charge is 0.304 e. The van der Waals surface area contributed by atoms with Gasteiger partial charge >= 0.3 is 5.97 Å². The quantitative estimate of drug-likeness (QED) is 0.773. The summed E-state index contributed by atoms with van der Waals surface area (Å²) in [6, 6.07) is 5.35. The van der Waals surface area contributed by atoms with Crippen LogP contribution in [-0.2, 0) is 14.8 Å². The number of rotatable bonds is 8. The van der Waals surface area contributed by atoms with E-state index >= 15 is 0 Å². The minimum Gasteiger partial charge on any atom is -0.492 e. The molecule has 112 valence electrons. The first-order valence-corrected chi connectivity index (χ1v) is 7.46. The molecule has 1 N–H and O–H groups in total. The van der Waals surface area contributed by atoms with Crippen LogP contribution >= 0.6 is 0 Å². The fourth-order valence-corrected chi connectivity index (χ4v) is 2.43. The Bertz CT molecular complexity index is 543. The Labute approximate surface area is 116 Å². The second-order valence-corrected chi connectivity index (χ2v) is 6.28. The van der Waals surface area contributed by atoms with Crippen LogP contribution < -0.4 is 4.74 Å². The highest BCUT2D eigenvalue weighted by Gasteiger charge is 2.18. The van der Waals surface area contributed by atoms with Gasteiger partial charge in [0.15, 0.2) is 0 Å². The minimum atomic E-state index is -3.60. The number of ether oxygens (including phenoxy) is 1. The van der Waals surface area contributed by atoms with Gasteiger partial charge in [-0.15, -0.1) is 0 Å². The van der Waals surface area contributed by atoms with Crippen LogP contribution in [0.1, 0.15) is 6.42 Å². The lowest BCUT2D eigenvalue weighted by Crippen LogP contribution is -2.33. The maximum atomic E-state index is 12.7. The first-order chi connectivity index (χ1) is 9.31. The third-order valence-electron chi connectivity index (χ3n) is 2.54. The van der Waals surface area contributed by atoms with Gasteiger partial charge in [0, 0.05) is 13.6 Å². The predicted octanol–water partition coefficient (Wildman–Crippen LogP) is 0.941. The molecule has 20 heavy (non-hydrogen) atoms. The monoisotopic (exact) mass is 305 g/mol. The zero-order valence-corrected chi connectivity index (χ0v) is 11.8. The molecule has 0 fully saturated rings. The van der Waals surface area contributed by atoms with Gasteiger partial charge in [0.2, 0.25) is 10.0 Å². The molecule has 0 aromatic heterocycles. The van der Waals surface area contributed by atoms with E-state index in [-0.39, 0.29) is 19.0 Å². The van der Waals surface area contributed by atoms with Crippen LogP contribution in [0.3, 0.4) is 0 Å². The lowest BCUT2D eigenvalue weighted by atomic mass is 10.3. The molecule has 0 unspecified atom stereocenters. The summed E-state index contributed by atoms with van der Waals surface area (Å²) < 4.78 is 42.3. The number of benzene rings is 1. The number of carboxylic acid groups (broad SMARTS) is 1. The predicted molar refractivity (Wildman–Crippen MR) is 70.6 cm³/mol. The Hall–Kier alpha value is -1.67. The molecule has 0 heterocycles. The van der Waals surface area contributed by atoms with Crippen LogP contribution in [-0.4, -0.2) is 49.8 Å². The highest BCUT2D eigenvalue weighted by Crippen LogP contribution is 2.11. The fourth-order valence-electron chi connectivity index (χ4n) is 1.33. The Morgan fingerprint density at radius 3 is 2.50 bits per heavy atom. The number of carbonyl (C=O) groups is 1. The molecule has 0 bridgehead atoms. The second-order valence-electron chi connectivity index (χ2n) is 4.08. The molecule has 0 atom stereocenters. The van der Waals surface area contributed by atoms with Crippen molar-refractivity contribution in [2.24, 2.45) is 0 Å². The Kier molecular flexibility index (Phi) is 5.90. The molecular formula is C12H16FNO5S. The minimum absolute atomic E-state index is 0.0827. The summed E-state index contributed by atoms with van der Waals surface area (Å²) in [5.41, 5.74) is 0. The number of carboxylic acids is 1. The van der Waals surface area contributed by atoms with Crippen molar-refractivity contribution in [3.63, 3.8) is 0 Å². The molecule has 0 spiro atoms. The molecule has 0 aliphatic carbocycles. The summed E-state index contributed by atoms with van der Waals surface area (Å²) in [6.45, 7) is 0.174. The van der Waals surface area contributed by atoms with Gasteiger partial charge in [-0.05, 0) is 24.3 Å². The van der Waals surface area contributed by atoms with E-state index in [1.165, 1.54) is 31.3 Å². The summed E-state index contributed by atoms with van der Waals surface area (Å²) in [6.07, 6.45) is -0.439. The molecule has 6 nitrogen and oxygen atoms in total. The lowest BCUT2D eigenvalue weighted by Gasteiger charge is -2.16. The van der Waals surface area contributed by atoms with E-state index in [1.54, 1.807) is 0 Å². The number of likely N-dealkylation sites (N-methyl/N-ethyl adjacent to an activating group) is 1. The molecule has 1 aromatic carbocycles. The molecule has 8 heteroatoms. The van der Waals surface area contributed by atoms with Crippen LogP contribution in [0.2, 0.25) is 0 Å². The van der Waals surface area contributed by atoms with Gasteiger partial charge in [-0.1, -0.05) is 0 Å². The molecule has 0 radical (unpaired) electrons. The number of halogens is 1. The molecule has 0 aliphatic heterocycles. The van der Waals surface area contributed by atoms with Crippen molar-refractivity contribution < 1.29 is 27.4 Å². The first-order valence-electron chi connectivity index (χ1n) is 5.85. The Morgan fingerprint density at radius 2 is 1.95 bits per heavy atom. The van der Waals surface area contributed by atoms with Gasteiger partial charge in [0.05, 0.1) is 12.2 Å². The number of hydrogen-bond acceptors (Lipinski definition) is 4. The third-order valence-corrected chi connectivity index (χ3v) is 4.39. The number of nitrogens with zero attached hydrogens (tertiary/aromatic N) is 1. The molecule has 1 rings (SSSR count). The van der Waals surface area contributed by atoms with Gasteiger partial charge in [0.1, 0.15) is 18.2 Å². The van der Waals surface area contributed by atoms with E-state index in [0.717, 1.165) is 4.31 Å². The summed E-state index contributed by atoms with van der Waals surface area (Å²) in [5.74, 6) is -1.56. The molecule has 1 aromatic rings. The van der Waals surface area contributed by atoms with Gasteiger partial charge in [-0.3, -0.25) is 4.79 Å². The normalized spacial score (nSPS) is 11.6. The molecule has 0 amide bonds. The topological polar surface area (TPSA) is 83.9 Å². The maximum absolute atomic E-state index is 12.7. The van der Waals surface area contributed by atoms with Gasteiger partial charge in [-0.25, -0.2) is 17.1 Å². The van der Waals surface area contributed by atoms with E-state index in [2.05, 4.69) is 0 Å². The largest absolute Gasteiger partial charge is 0.492 e. The lowest BCUT2D eigenvalue weighted by molar-refractivity contribution is -0.136. The van der Waals surface area contributed by atoms with Crippen LogP contribution in [0.4, 0.5) is 4.39 Å². The zero-order valence-electron chi connectivity index (χ0n) is 11.0.